The lowest BCUT2D eigenvalue weighted by molar-refractivity contribution is -0.140. The first-order chi connectivity index (χ1) is 13.5. The highest BCUT2D eigenvalue weighted by atomic mass is 19.1. The van der Waals surface area contributed by atoms with E-state index in [0.717, 1.165) is 5.56 Å². The lowest BCUT2D eigenvalue weighted by Gasteiger charge is -2.30. The third-order valence-corrected chi connectivity index (χ3v) is 4.49. The van der Waals surface area contributed by atoms with Crippen LogP contribution in [0.3, 0.4) is 0 Å². The molecule has 0 aliphatic rings. The molecular weight excluding hydrogens is 359 g/mol. The van der Waals surface area contributed by atoms with Gasteiger partial charge in [-0.15, -0.1) is 0 Å². The molecule has 2 amide bonds. The SMILES string of the molecule is CCNC(=O)[C@@H](CC)N(Cc1cccc(OC)c1)C(=O)Cc1ccc(F)cc1. The number of hydrogen-bond acceptors (Lipinski definition) is 3. The predicted molar refractivity (Wildman–Crippen MR) is 106 cm³/mol. The van der Waals surface area contributed by atoms with Crippen LogP contribution in [0.4, 0.5) is 4.39 Å². The predicted octanol–water partition coefficient (Wildman–Crippen LogP) is 3.32. The number of carbonyl (C=O) groups is 2. The fourth-order valence-electron chi connectivity index (χ4n) is 3.06. The lowest BCUT2D eigenvalue weighted by atomic mass is 10.1. The minimum atomic E-state index is -0.584. The fraction of sp³-hybridized carbons (Fsp3) is 0.364. The molecule has 0 aromatic heterocycles. The van der Waals surface area contributed by atoms with Crippen molar-refractivity contribution >= 4 is 11.8 Å². The number of rotatable bonds is 9. The summed E-state index contributed by atoms with van der Waals surface area (Å²) in [6.45, 7) is 4.50. The van der Waals surface area contributed by atoms with Crippen LogP contribution in [0.25, 0.3) is 0 Å². The summed E-state index contributed by atoms with van der Waals surface area (Å²) in [4.78, 5) is 27.2. The third-order valence-electron chi connectivity index (χ3n) is 4.49. The van der Waals surface area contributed by atoms with E-state index >= 15 is 0 Å². The molecule has 5 nitrogen and oxygen atoms in total. The van der Waals surface area contributed by atoms with E-state index in [0.29, 0.717) is 24.3 Å². The highest BCUT2D eigenvalue weighted by Gasteiger charge is 2.28. The summed E-state index contributed by atoms with van der Waals surface area (Å²) in [6.07, 6.45) is 0.588. The molecule has 2 aromatic carbocycles. The van der Waals surface area contributed by atoms with Crippen molar-refractivity contribution in [3.05, 3.63) is 65.5 Å². The Balaban J connectivity index is 2.28. The summed E-state index contributed by atoms with van der Waals surface area (Å²) in [5, 5.41) is 2.80. The Labute approximate surface area is 165 Å². The Kier molecular flexibility index (Phi) is 7.99. The monoisotopic (exact) mass is 386 g/mol. The van der Waals surface area contributed by atoms with Crippen molar-refractivity contribution in [2.45, 2.75) is 39.3 Å². The zero-order valence-corrected chi connectivity index (χ0v) is 16.6. The van der Waals surface area contributed by atoms with Crippen molar-refractivity contribution in [3.8, 4) is 5.75 Å². The van der Waals surface area contributed by atoms with Gasteiger partial charge in [0.25, 0.3) is 0 Å². The molecule has 1 N–H and O–H groups in total. The highest BCUT2D eigenvalue weighted by molar-refractivity contribution is 5.88. The highest BCUT2D eigenvalue weighted by Crippen LogP contribution is 2.18. The largest absolute Gasteiger partial charge is 0.497 e. The summed E-state index contributed by atoms with van der Waals surface area (Å²) in [6, 6.07) is 12.7. The van der Waals surface area contributed by atoms with Gasteiger partial charge in [0.2, 0.25) is 11.8 Å². The van der Waals surface area contributed by atoms with Gasteiger partial charge in [0.15, 0.2) is 0 Å². The number of likely N-dealkylation sites (N-methyl/N-ethyl adjacent to an activating group) is 1. The minimum absolute atomic E-state index is 0.0974. The van der Waals surface area contributed by atoms with E-state index in [-0.39, 0.29) is 30.6 Å². The van der Waals surface area contributed by atoms with Gasteiger partial charge in [-0.2, -0.15) is 0 Å². The topological polar surface area (TPSA) is 58.6 Å². The van der Waals surface area contributed by atoms with Crippen LogP contribution in [0.2, 0.25) is 0 Å². The Morgan fingerprint density at radius 3 is 2.43 bits per heavy atom. The first kappa shape index (κ1) is 21.4. The summed E-state index contributed by atoms with van der Waals surface area (Å²) in [5.41, 5.74) is 1.57. The molecule has 0 spiro atoms. The Morgan fingerprint density at radius 2 is 1.82 bits per heavy atom. The molecule has 0 saturated heterocycles. The van der Waals surface area contributed by atoms with E-state index in [1.165, 1.54) is 12.1 Å². The van der Waals surface area contributed by atoms with Crippen molar-refractivity contribution in [1.82, 2.24) is 10.2 Å². The first-order valence-electron chi connectivity index (χ1n) is 9.43. The van der Waals surface area contributed by atoms with Gasteiger partial charge in [-0.05, 0) is 48.7 Å². The van der Waals surface area contributed by atoms with Crippen molar-refractivity contribution < 1.29 is 18.7 Å². The van der Waals surface area contributed by atoms with Crippen molar-refractivity contribution in [2.75, 3.05) is 13.7 Å². The molecule has 1 atom stereocenters. The third kappa shape index (κ3) is 5.81. The molecule has 6 heteroatoms. The average Bonchev–Trinajstić information content (AvgIpc) is 2.70. The van der Waals surface area contributed by atoms with Gasteiger partial charge in [0, 0.05) is 13.1 Å². The lowest BCUT2D eigenvalue weighted by Crippen LogP contribution is -2.49. The summed E-state index contributed by atoms with van der Waals surface area (Å²) < 4.78 is 18.4. The Bertz CT molecular complexity index is 793. The van der Waals surface area contributed by atoms with Gasteiger partial charge >= 0.3 is 0 Å². The van der Waals surface area contributed by atoms with E-state index in [2.05, 4.69) is 5.32 Å². The van der Waals surface area contributed by atoms with Crippen LogP contribution in [0.1, 0.15) is 31.4 Å². The number of halogens is 1. The van der Waals surface area contributed by atoms with E-state index in [4.69, 9.17) is 4.74 Å². The second kappa shape index (κ2) is 10.4. The van der Waals surface area contributed by atoms with Crippen molar-refractivity contribution in [3.63, 3.8) is 0 Å². The quantitative estimate of drug-likeness (QED) is 0.719. The zero-order chi connectivity index (χ0) is 20.5. The van der Waals surface area contributed by atoms with Gasteiger partial charge in [0.05, 0.1) is 13.5 Å². The molecular formula is C22H27FN2O3. The van der Waals surface area contributed by atoms with Gasteiger partial charge in [-0.3, -0.25) is 9.59 Å². The number of nitrogens with zero attached hydrogens (tertiary/aromatic N) is 1. The molecule has 2 rings (SSSR count). The number of methoxy groups -OCH3 is 1. The Hall–Kier alpha value is -2.89. The molecule has 0 saturated carbocycles. The van der Waals surface area contributed by atoms with E-state index in [1.807, 2.05) is 38.1 Å². The van der Waals surface area contributed by atoms with E-state index in [1.54, 1.807) is 24.1 Å². The second-order valence-electron chi connectivity index (χ2n) is 6.50. The smallest absolute Gasteiger partial charge is 0.242 e. The molecule has 0 heterocycles. The van der Waals surface area contributed by atoms with E-state index in [9.17, 15) is 14.0 Å². The number of nitrogens with one attached hydrogen (secondary N) is 1. The summed E-state index contributed by atoms with van der Waals surface area (Å²) in [5.74, 6) is -0.0273. The van der Waals surface area contributed by atoms with Crippen LogP contribution >= 0.6 is 0 Å². The molecule has 0 aliphatic carbocycles. The van der Waals surface area contributed by atoms with Crippen LogP contribution in [-0.2, 0) is 22.6 Å². The maximum atomic E-state index is 13.2. The minimum Gasteiger partial charge on any atom is -0.497 e. The van der Waals surface area contributed by atoms with Crippen LogP contribution in [0.5, 0.6) is 5.75 Å². The molecule has 0 fully saturated rings. The molecule has 28 heavy (non-hydrogen) atoms. The molecule has 0 bridgehead atoms. The van der Waals surface area contributed by atoms with Crippen LogP contribution in [-0.4, -0.2) is 36.4 Å². The second-order valence-corrected chi connectivity index (χ2v) is 6.50. The summed E-state index contributed by atoms with van der Waals surface area (Å²) in [7, 11) is 1.58. The zero-order valence-electron chi connectivity index (χ0n) is 16.6. The van der Waals surface area contributed by atoms with Crippen LogP contribution in [0, 0.1) is 5.82 Å². The molecule has 150 valence electrons. The van der Waals surface area contributed by atoms with Gasteiger partial charge < -0.3 is 15.0 Å². The number of carbonyl (C=O) groups excluding carboxylic acids is 2. The maximum Gasteiger partial charge on any atom is 0.242 e. The molecule has 0 unspecified atom stereocenters. The molecule has 0 radical (unpaired) electrons. The maximum absolute atomic E-state index is 13.2. The van der Waals surface area contributed by atoms with Gasteiger partial charge in [-0.25, -0.2) is 4.39 Å². The molecule has 0 aliphatic heterocycles. The van der Waals surface area contributed by atoms with E-state index < -0.39 is 6.04 Å². The Morgan fingerprint density at radius 1 is 1.11 bits per heavy atom. The fourth-order valence-corrected chi connectivity index (χ4v) is 3.06. The standard InChI is InChI=1S/C22H27FN2O3/c1-4-20(22(27)24-5-2)25(15-17-7-6-8-19(13-17)28-3)21(26)14-16-9-11-18(23)12-10-16/h6-13,20H,4-5,14-15H2,1-3H3,(H,24,27)/t20-/m1/s1. The number of benzene rings is 2. The number of amides is 2. The normalized spacial score (nSPS) is 11.6. The first-order valence-corrected chi connectivity index (χ1v) is 9.43. The summed E-state index contributed by atoms with van der Waals surface area (Å²) >= 11 is 0. The van der Waals surface area contributed by atoms with Crippen molar-refractivity contribution in [2.24, 2.45) is 0 Å². The van der Waals surface area contributed by atoms with Crippen LogP contribution in [0.15, 0.2) is 48.5 Å². The number of hydrogen-bond donors (Lipinski definition) is 1. The van der Waals surface area contributed by atoms with Gasteiger partial charge in [-0.1, -0.05) is 31.2 Å². The average molecular weight is 386 g/mol. The number of ether oxygens (including phenoxy) is 1. The molecule has 2 aromatic rings. The van der Waals surface area contributed by atoms with Crippen molar-refractivity contribution in [1.29, 1.82) is 0 Å². The van der Waals surface area contributed by atoms with Crippen LogP contribution < -0.4 is 10.1 Å². The van der Waals surface area contributed by atoms with Gasteiger partial charge in [0.1, 0.15) is 17.6 Å².